The minimum Gasteiger partial charge on any atom is -0.352 e. The summed E-state index contributed by atoms with van der Waals surface area (Å²) in [4.78, 5) is 8.86. The van der Waals surface area contributed by atoms with Crippen molar-refractivity contribution in [1.82, 2.24) is 24.9 Å². The summed E-state index contributed by atoms with van der Waals surface area (Å²) >= 11 is 0. The topological polar surface area (TPSA) is 48.7 Å². The molecule has 1 N–H and O–H groups in total. The zero-order valence-corrected chi connectivity index (χ0v) is 19.4. The summed E-state index contributed by atoms with van der Waals surface area (Å²) in [5, 5.41) is 7.55. The van der Waals surface area contributed by atoms with Crippen LogP contribution in [-0.2, 0) is 13.6 Å². The molecule has 0 radical (unpaired) electrons. The lowest BCUT2D eigenvalue weighted by Crippen LogP contribution is -2.53. The van der Waals surface area contributed by atoms with Crippen molar-refractivity contribution in [2.45, 2.75) is 25.9 Å². The molecular weight excluding hydrogens is 489 g/mol. The van der Waals surface area contributed by atoms with E-state index in [0.717, 1.165) is 50.2 Å². The maximum absolute atomic E-state index is 14.3. The Morgan fingerprint density at radius 2 is 1.97 bits per heavy atom. The van der Waals surface area contributed by atoms with Gasteiger partial charge in [-0.05, 0) is 12.5 Å². The number of benzene rings is 1. The lowest BCUT2D eigenvalue weighted by atomic mass is 10.0. The average molecular weight is 518 g/mol. The van der Waals surface area contributed by atoms with E-state index in [4.69, 9.17) is 0 Å². The van der Waals surface area contributed by atoms with Gasteiger partial charge >= 0.3 is 0 Å². The van der Waals surface area contributed by atoms with Crippen molar-refractivity contribution in [2.75, 3.05) is 33.2 Å². The highest BCUT2D eigenvalue weighted by Crippen LogP contribution is 2.28. The van der Waals surface area contributed by atoms with Crippen molar-refractivity contribution in [3.8, 4) is 0 Å². The van der Waals surface area contributed by atoms with E-state index in [-0.39, 0.29) is 30.0 Å². The Bertz CT molecular complexity index is 817. The molecule has 0 aliphatic carbocycles. The molecule has 1 aromatic carbocycles. The summed E-state index contributed by atoms with van der Waals surface area (Å²) in [7, 11) is 3.67. The second-order valence-corrected chi connectivity index (χ2v) is 7.04. The molecule has 29 heavy (non-hydrogen) atoms. The van der Waals surface area contributed by atoms with Gasteiger partial charge in [0.1, 0.15) is 11.6 Å². The van der Waals surface area contributed by atoms with Gasteiger partial charge in [0, 0.05) is 76.3 Å². The standard InChI is InChI=1S/C20H28F2N6.HI/c1-4-19(17-6-5-16(21)11-18(17)22)27-7-9-28(10-8-27)20(23-2)24-12-15-13-25-26(3)14-15;/h5-6,11,13-14,19H,4,7-10,12H2,1-3H3,(H,23,24);1H. The van der Waals surface area contributed by atoms with Gasteiger partial charge in [-0.2, -0.15) is 5.10 Å². The minimum atomic E-state index is -0.538. The van der Waals surface area contributed by atoms with Gasteiger partial charge in [0.25, 0.3) is 0 Å². The van der Waals surface area contributed by atoms with Gasteiger partial charge in [0.2, 0.25) is 0 Å². The zero-order chi connectivity index (χ0) is 20.1. The van der Waals surface area contributed by atoms with Crippen LogP contribution < -0.4 is 5.32 Å². The van der Waals surface area contributed by atoms with Gasteiger partial charge < -0.3 is 10.2 Å². The first-order valence-corrected chi connectivity index (χ1v) is 9.64. The van der Waals surface area contributed by atoms with Gasteiger partial charge in [-0.3, -0.25) is 14.6 Å². The van der Waals surface area contributed by atoms with Crippen LogP contribution in [0.5, 0.6) is 0 Å². The van der Waals surface area contributed by atoms with Crippen LogP contribution in [0.15, 0.2) is 35.6 Å². The Morgan fingerprint density at radius 1 is 1.24 bits per heavy atom. The van der Waals surface area contributed by atoms with Crippen molar-refractivity contribution in [1.29, 1.82) is 0 Å². The number of nitrogens with zero attached hydrogens (tertiary/aromatic N) is 5. The fourth-order valence-electron chi connectivity index (χ4n) is 3.77. The summed E-state index contributed by atoms with van der Waals surface area (Å²) in [6.45, 7) is 5.89. The van der Waals surface area contributed by atoms with Crippen LogP contribution in [-0.4, -0.2) is 58.8 Å². The lowest BCUT2D eigenvalue weighted by Gasteiger charge is -2.40. The van der Waals surface area contributed by atoms with Crippen LogP contribution in [0.4, 0.5) is 8.78 Å². The van der Waals surface area contributed by atoms with E-state index in [1.807, 2.05) is 26.4 Å². The first-order valence-electron chi connectivity index (χ1n) is 9.64. The second-order valence-electron chi connectivity index (χ2n) is 7.04. The van der Waals surface area contributed by atoms with Crippen molar-refractivity contribution in [3.63, 3.8) is 0 Å². The molecule has 1 atom stereocenters. The number of hydrogen-bond donors (Lipinski definition) is 1. The molecule has 160 valence electrons. The fourth-order valence-corrected chi connectivity index (χ4v) is 3.77. The van der Waals surface area contributed by atoms with Crippen LogP contribution in [0.1, 0.15) is 30.5 Å². The van der Waals surface area contributed by atoms with Gasteiger partial charge in [-0.1, -0.05) is 13.0 Å². The van der Waals surface area contributed by atoms with Crippen LogP contribution in [0, 0.1) is 11.6 Å². The van der Waals surface area contributed by atoms with Crippen LogP contribution in [0.25, 0.3) is 0 Å². The molecule has 1 aliphatic rings. The molecule has 9 heteroatoms. The second kappa shape index (κ2) is 10.9. The Balaban J connectivity index is 0.00000300. The SMILES string of the molecule is CCC(c1ccc(F)cc1F)N1CCN(C(=NC)NCc2cnn(C)c2)CC1.I. The van der Waals surface area contributed by atoms with Gasteiger partial charge in [-0.25, -0.2) is 8.78 Å². The average Bonchev–Trinajstić information content (AvgIpc) is 3.11. The van der Waals surface area contributed by atoms with E-state index in [1.54, 1.807) is 17.8 Å². The molecule has 0 amide bonds. The largest absolute Gasteiger partial charge is 0.352 e. The molecule has 0 spiro atoms. The monoisotopic (exact) mass is 518 g/mol. The highest BCUT2D eigenvalue weighted by molar-refractivity contribution is 14.0. The number of halogens is 3. The van der Waals surface area contributed by atoms with Crippen LogP contribution in [0.2, 0.25) is 0 Å². The molecule has 1 unspecified atom stereocenters. The highest BCUT2D eigenvalue weighted by atomic mass is 127. The number of hydrogen-bond acceptors (Lipinski definition) is 3. The van der Waals surface area contributed by atoms with Gasteiger partial charge in [-0.15, -0.1) is 24.0 Å². The van der Waals surface area contributed by atoms with E-state index >= 15 is 0 Å². The normalized spacial score (nSPS) is 16.4. The zero-order valence-electron chi connectivity index (χ0n) is 17.1. The highest BCUT2D eigenvalue weighted by Gasteiger charge is 2.27. The van der Waals surface area contributed by atoms with Gasteiger partial charge in [0.05, 0.1) is 6.20 Å². The summed E-state index contributed by atoms with van der Waals surface area (Å²) in [6, 6.07) is 3.83. The van der Waals surface area contributed by atoms with E-state index in [0.29, 0.717) is 12.1 Å². The summed E-state index contributed by atoms with van der Waals surface area (Å²) in [6.07, 6.45) is 4.58. The van der Waals surface area contributed by atoms with Crippen molar-refractivity contribution < 1.29 is 8.78 Å². The molecule has 2 aromatic rings. The first kappa shape index (κ1) is 23.5. The first-order chi connectivity index (χ1) is 13.5. The van der Waals surface area contributed by atoms with E-state index in [2.05, 4.69) is 25.2 Å². The quantitative estimate of drug-likeness (QED) is 0.376. The number of aryl methyl sites for hydroxylation is 1. The number of aromatic nitrogens is 2. The number of rotatable bonds is 5. The molecule has 1 aliphatic heterocycles. The lowest BCUT2D eigenvalue weighted by molar-refractivity contribution is 0.124. The minimum absolute atomic E-state index is 0. The van der Waals surface area contributed by atoms with E-state index in [9.17, 15) is 8.78 Å². The predicted molar refractivity (Wildman–Crippen MR) is 121 cm³/mol. The van der Waals surface area contributed by atoms with Crippen molar-refractivity contribution in [2.24, 2.45) is 12.0 Å². The number of aliphatic imine (C=N–C) groups is 1. The Morgan fingerprint density at radius 3 is 2.52 bits per heavy atom. The van der Waals surface area contributed by atoms with Crippen LogP contribution in [0.3, 0.4) is 0 Å². The van der Waals surface area contributed by atoms with Crippen molar-refractivity contribution >= 4 is 29.9 Å². The van der Waals surface area contributed by atoms with E-state index in [1.165, 1.54) is 6.07 Å². The van der Waals surface area contributed by atoms with Crippen LogP contribution >= 0.6 is 24.0 Å². The third-order valence-corrected chi connectivity index (χ3v) is 5.18. The maximum Gasteiger partial charge on any atom is 0.194 e. The maximum atomic E-state index is 14.3. The van der Waals surface area contributed by atoms with Gasteiger partial charge in [0.15, 0.2) is 5.96 Å². The number of piperazine rings is 1. The predicted octanol–water partition coefficient (Wildman–Crippen LogP) is 3.16. The smallest absolute Gasteiger partial charge is 0.194 e. The molecule has 2 heterocycles. The summed E-state index contributed by atoms with van der Waals surface area (Å²) in [5.74, 6) is -0.155. The van der Waals surface area contributed by atoms with E-state index < -0.39 is 11.6 Å². The molecule has 1 saturated heterocycles. The Labute approximate surface area is 188 Å². The molecule has 1 aromatic heterocycles. The number of nitrogens with one attached hydrogen (secondary N) is 1. The molecule has 0 bridgehead atoms. The molecule has 6 nitrogen and oxygen atoms in total. The Hall–Kier alpha value is -1.75. The summed E-state index contributed by atoms with van der Waals surface area (Å²) in [5.41, 5.74) is 1.66. The summed E-state index contributed by atoms with van der Waals surface area (Å²) < 4.78 is 29.3. The fraction of sp³-hybridized carbons (Fsp3) is 0.500. The third-order valence-electron chi connectivity index (χ3n) is 5.18. The molecular formula is C20H29F2IN6. The van der Waals surface area contributed by atoms with Crippen molar-refractivity contribution in [3.05, 3.63) is 53.4 Å². The molecule has 1 fully saturated rings. The third kappa shape index (κ3) is 5.88. The molecule has 3 rings (SSSR count). The number of guanidine groups is 1. The molecule has 0 saturated carbocycles. The Kier molecular flexibility index (Phi) is 8.81.